The van der Waals surface area contributed by atoms with E-state index in [-0.39, 0.29) is 6.42 Å². The molecule has 0 aliphatic carbocycles. The first kappa shape index (κ1) is 12.7. The minimum atomic E-state index is -2.39. The number of benzene rings is 1. The summed E-state index contributed by atoms with van der Waals surface area (Å²) in [5.41, 5.74) is 0.794. The molecule has 88 valence electrons. The van der Waals surface area contributed by atoms with Crippen LogP contribution in [0.5, 0.6) is 0 Å². The topological polar surface area (TPSA) is 66.7 Å². The van der Waals surface area contributed by atoms with Gasteiger partial charge >= 0.3 is 5.97 Å². The molecule has 0 spiro atoms. The lowest BCUT2D eigenvalue weighted by Crippen LogP contribution is -2.04. The average Bonchev–Trinajstić information content (AvgIpc) is 2.26. The standard InChI is InChI=1S/C11H15NO3S/c1-12-16(2,15)10-6-4-3-5-9(10)7-8-11(13)14/h3-6H,7-8H2,1-2H3,(H,13,14). The lowest BCUT2D eigenvalue weighted by Gasteiger charge is -2.09. The summed E-state index contributed by atoms with van der Waals surface area (Å²) in [6, 6.07) is 7.14. The van der Waals surface area contributed by atoms with Crippen molar-refractivity contribution in [3.05, 3.63) is 29.8 Å². The average molecular weight is 241 g/mol. The number of nitrogens with zero attached hydrogens (tertiary/aromatic N) is 1. The molecule has 1 N–H and O–H groups in total. The van der Waals surface area contributed by atoms with Gasteiger partial charge in [-0.1, -0.05) is 18.2 Å². The summed E-state index contributed by atoms with van der Waals surface area (Å²) in [6.45, 7) is 0. The van der Waals surface area contributed by atoms with E-state index in [1.54, 1.807) is 24.5 Å². The van der Waals surface area contributed by atoms with Crippen molar-refractivity contribution in [1.29, 1.82) is 0 Å². The van der Waals surface area contributed by atoms with Gasteiger partial charge in [0, 0.05) is 19.7 Å². The van der Waals surface area contributed by atoms with E-state index in [1.807, 2.05) is 6.07 Å². The number of carbonyl (C=O) groups is 1. The second-order valence-electron chi connectivity index (χ2n) is 3.49. The van der Waals surface area contributed by atoms with E-state index in [4.69, 9.17) is 5.11 Å². The van der Waals surface area contributed by atoms with Crippen LogP contribution in [0.2, 0.25) is 0 Å². The molecule has 1 aromatic carbocycles. The summed E-state index contributed by atoms with van der Waals surface area (Å²) < 4.78 is 16.0. The van der Waals surface area contributed by atoms with E-state index >= 15 is 0 Å². The van der Waals surface area contributed by atoms with Gasteiger partial charge in [-0.3, -0.25) is 4.79 Å². The van der Waals surface area contributed by atoms with Gasteiger partial charge in [-0.05, 0) is 18.1 Å². The molecule has 0 radical (unpaired) electrons. The molecule has 0 fully saturated rings. The summed E-state index contributed by atoms with van der Waals surface area (Å²) in [5.74, 6) is -0.856. The van der Waals surface area contributed by atoms with Crippen LogP contribution < -0.4 is 0 Å². The Kier molecular flexibility index (Phi) is 4.06. The molecule has 0 aliphatic heterocycles. The Hall–Kier alpha value is -1.36. The third-order valence-electron chi connectivity index (χ3n) is 2.34. The van der Waals surface area contributed by atoms with Crippen LogP contribution in [-0.4, -0.2) is 28.6 Å². The predicted octanol–water partition coefficient (Wildman–Crippen LogP) is 1.79. The zero-order valence-electron chi connectivity index (χ0n) is 9.34. The highest BCUT2D eigenvalue weighted by Crippen LogP contribution is 2.18. The summed E-state index contributed by atoms with van der Waals surface area (Å²) in [5, 5.41) is 8.63. The van der Waals surface area contributed by atoms with Gasteiger partial charge in [-0.2, -0.15) is 0 Å². The van der Waals surface area contributed by atoms with Crippen LogP contribution in [0, 0.1) is 0 Å². The van der Waals surface area contributed by atoms with Crippen molar-refractivity contribution in [2.45, 2.75) is 17.7 Å². The van der Waals surface area contributed by atoms with Gasteiger partial charge < -0.3 is 5.11 Å². The van der Waals surface area contributed by atoms with Crippen LogP contribution in [0.3, 0.4) is 0 Å². The predicted molar refractivity (Wildman–Crippen MR) is 63.1 cm³/mol. The van der Waals surface area contributed by atoms with Gasteiger partial charge in [-0.15, -0.1) is 0 Å². The SMILES string of the molecule is CN=S(C)(=O)c1ccccc1CCC(=O)O. The molecule has 0 amide bonds. The lowest BCUT2D eigenvalue weighted by molar-refractivity contribution is -0.136. The first-order valence-corrected chi connectivity index (χ1v) is 6.79. The third-order valence-corrected chi connectivity index (χ3v) is 4.25. The van der Waals surface area contributed by atoms with Crippen molar-refractivity contribution in [2.75, 3.05) is 13.3 Å². The molecular formula is C11H15NO3S. The maximum atomic E-state index is 12.1. The van der Waals surface area contributed by atoms with Crippen LogP contribution >= 0.6 is 0 Å². The fourth-order valence-corrected chi connectivity index (χ4v) is 2.60. The molecule has 0 saturated carbocycles. The van der Waals surface area contributed by atoms with Crippen LogP contribution in [-0.2, 0) is 20.9 Å². The maximum Gasteiger partial charge on any atom is 0.303 e. The summed E-state index contributed by atoms with van der Waals surface area (Å²) >= 11 is 0. The molecular weight excluding hydrogens is 226 g/mol. The van der Waals surface area contributed by atoms with Crippen molar-refractivity contribution in [3.63, 3.8) is 0 Å². The molecule has 4 nitrogen and oxygen atoms in total. The summed E-state index contributed by atoms with van der Waals surface area (Å²) in [4.78, 5) is 11.1. The van der Waals surface area contributed by atoms with Gasteiger partial charge in [0.25, 0.3) is 0 Å². The Balaban J connectivity index is 3.11. The van der Waals surface area contributed by atoms with Crippen LogP contribution in [0.25, 0.3) is 0 Å². The van der Waals surface area contributed by atoms with Crippen molar-refractivity contribution in [3.8, 4) is 0 Å². The van der Waals surface area contributed by atoms with Crippen molar-refractivity contribution in [2.24, 2.45) is 4.36 Å². The molecule has 0 bridgehead atoms. The molecule has 1 unspecified atom stereocenters. The Morgan fingerprint density at radius 3 is 2.62 bits per heavy atom. The normalized spacial score (nSPS) is 14.1. The summed E-state index contributed by atoms with van der Waals surface area (Å²) in [7, 11) is -0.884. The van der Waals surface area contributed by atoms with E-state index in [2.05, 4.69) is 4.36 Å². The van der Waals surface area contributed by atoms with Gasteiger partial charge in [0.15, 0.2) is 0 Å². The third kappa shape index (κ3) is 3.06. The highest BCUT2D eigenvalue weighted by atomic mass is 32.2. The van der Waals surface area contributed by atoms with E-state index < -0.39 is 15.7 Å². The smallest absolute Gasteiger partial charge is 0.303 e. The van der Waals surface area contributed by atoms with Crippen LogP contribution in [0.15, 0.2) is 33.5 Å². The van der Waals surface area contributed by atoms with E-state index in [1.165, 1.54) is 7.05 Å². The lowest BCUT2D eigenvalue weighted by atomic mass is 10.1. The minimum absolute atomic E-state index is 0.0379. The first-order valence-electron chi connectivity index (χ1n) is 4.87. The number of hydrogen-bond acceptors (Lipinski definition) is 3. The zero-order valence-corrected chi connectivity index (χ0v) is 10.2. The molecule has 16 heavy (non-hydrogen) atoms. The number of rotatable bonds is 4. The molecule has 1 rings (SSSR count). The fourth-order valence-electron chi connectivity index (χ4n) is 1.42. The Morgan fingerprint density at radius 2 is 2.06 bits per heavy atom. The second kappa shape index (κ2) is 5.12. The molecule has 1 atom stereocenters. The first-order chi connectivity index (χ1) is 7.47. The fraction of sp³-hybridized carbons (Fsp3) is 0.364. The van der Waals surface area contributed by atoms with E-state index in [0.717, 1.165) is 5.56 Å². The highest BCUT2D eigenvalue weighted by Gasteiger charge is 2.11. The highest BCUT2D eigenvalue weighted by molar-refractivity contribution is 7.93. The number of carboxylic acids is 1. The maximum absolute atomic E-state index is 12.1. The molecule has 0 heterocycles. The van der Waals surface area contributed by atoms with Crippen molar-refractivity contribution >= 4 is 15.7 Å². The summed E-state index contributed by atoms with van der Waals surface area (Å²) in [6.07, 6.45) is 1.98. The Morgan fingerprint density at radius 1 is 1.44 bits per heavy atom. The quantitative estimate of drug-likeness (QED) is 0.873. The molecule has 1 aromatic rings. The van der Waals surface area contributed by atoms with Gasteiger partial charge in [-0.25, -0.2) is 8.57 Å². The zero-order chi connectivity index (χ0) is 12.2. The van der Waals surface area contributed by atoms with Crippen molar-refractivity contribution < 1.29 is 14.1 Å². The minimum Gasteiger partial charge on any atom is -0.481 e. The van der Waals surface area contributed by atoms with Crippen molar-refractivity contribution in [1.82, 2.24) is 0 Å². The number of hydrogen-bond donors (Lipinski definition) is 1. The van der Waals surface area contributed by atoms with Crippen LogP contribution in [0.4, 0.5) is 0 Å². The monoisotopic (exact) mass is 241 g/mol. The molecule has 0 aliphatic rings. The largest absolute Gasteiger partial charge is 0.481 e. The Bertz CT molecular complexity index is 502. The Labute approximate surface area is 95.5 Å². The number of carboxylic acid groups (broad SMARTS) is 1. The second-order valence-corrected chi connectivity index (χ2v) is 5.90. The molecule has 5 heteroatoms. The van der Waals surface area contributed by atoms with Gasteiger partial charge in [0.05, 0.1) is 14.6 Å². The van der Waals surface area contributed by atoms with E-state index in [9.17, 15) is 9.00 Å². The van der Waals surface area contributed by atoms with Crippen LogP contribution in [0.1, 0.15) is 12.0 Å². The number of aliphatic carboxylic acids is 1. The van der Waals surface area contributed by atoms with E-state index in [0.29, 0.717) is 11.3 Å². The molecule has 0 saturated heterocycles. The van der Waals surface area contributed by atoms with Gasteiger partial charge in [0.2, 0.25) is 0 Å². The molecule has 0 aromatic heterocycles. The number of aryl methyl sites for hydroxylation is 1. The van der Waals surface area contributed by atoms with Gasteiger partial charge in [0.1, 0.15) is 0 Å².